The van der Waals surface area contributed by atoms with E-state index >= 15 is 0 Å². The second-order valence-electron chi connectivity index (χ2n) is 7.11. The van der Waals surface area contributed by atoms with E-state index in [-0.39, 0.29) is 11.9 Å². The number of aromatic nitrogens is 4. The zero-order chi connectivity index (χ0) is 23.8. The van der Waals surface area contributed by atoms with Crippen molar-refractivity contribution in [3.8, 4) is 0 Å². The molecule has 0 aromatic carbocycles. The molecule has 1 unspecified atom stereocenters. The zero-order valence-corrected chi connectivity index (χ0v) is 17.3. The maximum absolute atomic E-state index is 12.1. The van der Waals surface area contributed by atoms with Gasteiger partial charge in [0.1, 0.15) is 11.5 Å². The van der Waals surface area contributed by atoms with Crippen LogP contribution in [-0.4, -0.2) is 60.9 Å². The van der Waals surface area contributed by atoms with Crippen LogP contribution < -0.4 is 5.32 Å². The first kappa shape index (κ1) is 23.9. The number of carboxylic acids is 1. The van der Waals surface area contributed by atoms with E-state index in [0.29, 0.717) is 12.2 Å². The monoisotopic (exact) mass is 466 g/mol. The van der Waals surface area contributed by atoms with Crippen LogP contribution in [0.3, 0.4) is 0 Å². The number of carbonyl (C=O) groups excluding carboxylic acids is 1. The van der Waals surface area contributed by atoms with Crippen LogP contribution in [0.4, 0.5) is 13.2 Å². The highest BCUT2D eigenvalue weighted by Gasteiger charge is 2.38. The third-order valence-corrected chi connectivity index (χ3v) is 4.71. The lowest BCUT2D eigenvalue weighted by atomic mass is 10.1. The van der Waals surface area contributed by atoms with Crippen molar-refractivity contribution in [1.82, 2.24) is 30.0 Å². The number of halogens is 3. The first-order valence-electron chi connectivity index (χ1n) is 9.85. The Hall–Kier alpha value is -3.74. The molecule has 0 bridgehead atoms. The average Bonchev–Trinajstić information content (AvgIpc) is 3.46. The molecule has 1 atom stereocenters. The van der Waals surface area contributed by atoms with E-state index in [2.05, 4.69) is 30.0 Å². The van der Waals surface area contributed by atoms with Gasteiger partial charge in [-0.05, 0) is 24.6 Å². The summed E-state index contributed by atoms with van der Waals surface area (Å²) >= 11 is 0. The lowest BCUT2D eigenvalue weighted by Crippen LogP contribution is -2.39. The molecule has 13 heteroatoms. The van der Waals surface area contributed by atoms with Crippen molar-refractivity contribution < 1.29 is 32.3 Å². The third kappa shape index (κ3) is 6.87. The summed E-state index contributed by atoms with van der Waals surface area (Å²) in [6.45, 7) is 3.01. The molecule has 176 valence electrons. The molecule has 3 aromatic rings. The summed E-state index contributed by atoms with van der Waals surface area (Å²) in [5.41, 5.74) is 1.50. The number of furan rings is 1. The summed E-state index contributed by atoms with van der Waals surface area (Å²) in [6.07, 6.45) is 3.76. The number of amides is 1. The molecule has 0 saturated carbocycles. The van der Waals surface area contributed by atoms with Gasteiger partial charge in [0.05, 0.1) is 30.7 Å². The fourth-order valence-corrected chi connectivity index (χ4v) is 3.28. The maximum Gasteiger partial charge on any atom is 0.490 e. The standard InChI is InChI=1S/C18H20N6O2.C2HF3O2/c25-18(17-10-19-7-8-20-17)21-5-3-14-11-23(13-16-2-1-9-26-16)12-15-4-6-22-24(14)15;3-2(4,5)1(6)7/h1-2,4,6-10,14H,3,5,11-13H2,(H,21,25);(H,6,7). The van der Waals surface area contributed by atoms with Gasteiger partial charge in [-0.15, -0.1) is 0 Å². The molecule has 1 aliphatic rings. The van der Waals surface area contributed by atoms with Crippen molar-refractivity contribution >= 4 is 11.9 Å². The van der Waals surface area contributed by atoms with Crippen molar-refractivity contribution in [2.24, 2.45) is 0 Å². The smallest absolute Gasteiger partial charge is 0.475 e. The van der Waals surface area contributed by atoms with E-state index in [0.717, 1.165) is 31.8 Å². The number of hydrogen-bond acceptors (Lipinski definition) is 7. The molecule has 0 aliphatic carbocycles. The van der Waals surface area contributed by atoms with Gasteiger partial charge in [0.15, 0.2) is 0 Å². The molecule has 0 fully saturated rings. The van der Waals surface area contributed by atoms with Gasteiger partial charge >= 0.3 is 12.1 Å². The molecule has 33 heavy (non-hydrogen) atoms. The van der Waals surface area contributed by atoms with Crippen molar-refractivity contribution in [1.29, 1.82) is 0 Å². The van der Waals surface area contributed by atoms with Gasteiger partial charge in [0.25, 0.3) is 5.91 Å². The normalized spacial score (nSPS) is 15.8. The predicted octanol–water partition coefficient (Wildman–Crippen LogP) is 2.28. The van der Waals surface area contributed by atoms with Gasteiger partial charge in [-0.1, -0.05) is 0 Å². The van der Waals surface area contributed by atoms with Crippen molar-refractivity contribution in [2.75, 3.05) is 13.1 Å². The summed E-state index contributed by atoms with van der Waals surface area (Å²) in [5.74, 6) is -2.01. The van der Waals surface area contributed by atoms with E-state index < -0.39 is 12.1 Å². The highest BCUT2D eigenvalue weighted by molar-refractivity contribution is 5.91. The van der Waals surface area contributed by atoms with Crippen molar-refractivity contribution in [3.63, 3.8) is 0 Å². The Morgan fingerprint density at radius 1 is 1.24 bits per heavy atom. The molecule has 0 saturated heterocycles. The average molecular weight is 466 g/mol. The van der Waals surface area contributed by atoms with Crippen LogP contribution in [0, 0.1) is 0 Å². The number of nitrogens with zero attached hydrogens (tertiary/aromatic N) is 5. The molecule has 0 radical (unpaired) electrons. The van der Waals surface area contributed by atoms with Gasteiger partial charge in [0.2, 0.25) is 0 Å². The second-order valence-corrected chi connectivity index (χ2v) is 7.11. The summed E-state index contributed by atoms with van der Waals surface area (Å²) in [7, 11) is 0. The van der Waals surface area contributed by atoms with Crippen LogP contribution in [0.15, 0.2) is 53.7 Å². The van der Waals surface area contributed by atoms with E-state index in [1.807, 2.05) is 24.4 Å². The van der Waals surface area contributed by atoms with Crippen LogP contribution in [0.1, 0.15) is 34.4 Å². The molecule has 10 nitrogen and oxygen atoms in total. The number of nitrogens with one attached hydrogen (secondary N) is 1. The zero-order valence-electron chi connectivity index (χ0n) is 17.3. The molecular formula is C20H21F3N6O4. The molecule has 0 spiro atoms. The van der Waals surface area contributed by atoms with Crippen molar-refractivity contribution in [3.05, 3.63) is 66.4 Å². The summed E-state index contributed by atoms with van der Waals surface area (Å²) < 4.78 is 39.3. The molecule has 4 rings (SSSR count). The Morgan fingerprint density at radius 3 is 2.67 bits per heavy atom. The van der Waals surface area contributed by atoms with E-state index in [9.17, 15) is 18.0 Å². The number of fused-ring (bicyclic) bond motifs is 1. The number of carbonyl (C=O) groups is 2. The van der Waals surface area contributed by atoms with Gasteiger partial charge in [-0.2, -0.15) is 18.3 Å². The molecule has 3 aromatic heterocycles. The Bertz CT molecular complexity index is 1040. The fourth-order valence-electron chi connectivity index (χ4n) is 3.28. The van der Waals surface area contributed by atoms with Crippen molar-refractivity contribution in [2.45, 2.75) is 31.7 Å². The number of carboxylic acid groups (broad SMARTS) is 1. The summed E-state index contributed by atoms with van der Waals surface area (Å²) in [6, 6.07) is 6.13. The maximum atomic E-state index is 12.1. The minimum Gasteiger partial charge on any atom is -0.475 e. The highest BCUT2D eigenvalue weighted by atomic mass is 19.4. The van der Waals surface area contributed by atoms with Crippen LogP contribution in [-0.2, 0) is 17.9 Å². The second kappa shape index (κ2) is 10.7. The molecule has 1 aliphatic heterocycles. The number of rotatable bonds is 6. The van der Waals surface area contributed by atoms with E-state index in [1.165, 1.54) is 18.1 Å². The van der Waals surface area contributed by atoms with Gasteiger partial charge in [0, 0.05) is 38.2 Å². The minimum atomic E-state index is -5.08. The fraction of sp³-hybridized carbons (Fsp3) is 0.350. The molecular weight excluding hydrogens is 445 g/mol. The summed E-state index contributed by atoms with van der Waals surface area (Å²) in [5, 5.41) is 14.5. The van der Waals surface area contributed by atoms with E-state index in [4.69, 9.17) is 14.3 Å². The Kier molecular flexibility index (Phi) is 7.77. The number of hydrogen-bond donors (Lipinski definition) is 2. The predicted molar refractivity (Wildman–Crippen MR) is 107 cm³/mol. The summed E-state index contributed by atoms with van der Waals surface area (Å²) in [4.78, 5) is 31.3. The van der Waals surface area contributed by atoms with Gasteiger partial charge in [-0.3, -0.25) is 19.4 Å². The molecule has 2 N–H and O–H groups in total. The van der Waals surface area contributed by atoms with E-state index in [1.54, 1.807) is 12.5 Å². The lowest BCUT2D eigenvalue weighted by Gasteiger charge is -2.33. The largest absolute Gasteiger partial charge is 0.490 e. The first-order chi connectivity index (χ1) is 15.7. The van der Waals surface area contributed by atoms with Crippen LogP contribution in [0.5, 0.6) is 0 Å². The minimum absolute atomic E-state index is 0.200. The van der Waals surface area contributed by atoms with Crippen LogP contribution in [0.25, 0.3) is 0 Å². The molecule has 4 heterocycles. The van der Waals surface area contributed by atoms with Gasteiger partial charge in [-0.25, -0.2) is 9.78 Å². The third-order valence-electron chi connectivity index (χ3n) is 4.71. The highest BCUT2D eigenvalue weighted by Crippen LogP contribution is 2.24. The SMILES string of the molecule is O=C(NCCC1CN(Cc2ccco2)Cc2ccnn21)c1cnccn1.O=C(O)C(F)(F)F. The Balaban J connectivity index is 0.000000383. The van der Waals surface area contributed by atoms with Gasteiger partial charge < -0.3 is 14.8 Å². The Morgan fingerprint density at radius 2 is 2.03 bits per heavy atom. The lowest BCUT2D eigenvalue weighted by molar-refractivity contribution is -0.192. The first-order valence-corrected chi connectivity index (χ1v) is 9.85. The number of aliphatic carboxylic acids is 1. The Labute approximate surface area is 186 Å². The van der Waals surface area contributed by atoms with Crippen LogP contribution >= 0.6 is 0 Å². The topological polar surface area (TPSA) is 126 Å². The van der Waals surface area contributed by atoms with Crippen LogP contribution in [0.2, 0.25) is 0 Å². The molecule has 1 amide bonds. The number of alkyl halides is 3. The quantitative estimate of drug-likeness (QED) is 0.567.